The summed E-state index contributed by atoms with van der Waals surface area (Å²) in [5.74, 6) is -1.72. The van der Waals surface area contributed by atoms with Crippen molar-refractivity contribution in [1.82, 2.24) is 9.97 Å². The molecule has 0 unspecified atom stereocenters. The first-order valence-electron chi connectivity index (χ1n) is 5.19. The average Bonchev–Trinajstić information content (AvgIpc) is 2.37. The molecule has 1 aromatic heterocycles. The molecule has 0 aliphatic rings. The highest BCUT2D eigenvalue weighted by atomic mass is 35.5. The van der Waals surface area contributed by atoms with E-state index in [9.17, 15) is 13.2 Å². The van der Waals surface area contributed by atoms with Crippen LogP contribution in [0.15, 0.2) is 30.3 Å². The summed E-state index contributed by atoms with van der Waals surface area (Å²) in [5.41, 5.74) is 0.163. The zero-order chi connectivity index (χ0) is 14.8. The van der Waals surface area contributed by atoms with Crippen molar-refractivity contribution in [3.05, 3.63) is 46.9 Å². The second-order valence-electron chi connectivity index (χ2n) is 3.56. The molecule has 0 radical (unpaired) electrons. The van der Waals surface area contributed by atoms with E-state index in [-0.39, 0.29) is 17.2 Å². The first-order valence-corrected chi connectivity index (χ1v) is 5.56. The molecule has 0 bridgehead atoms. The Labute approximate surface area is 116 Å². The Balaban J connectivity index is 2.40. The molecule has 2 rings (SSSR count). The first-order chi connectivity index (χ1) is 9.40. The summed E-state index contributed by atoms with van der Waals surface area (Å²) in [6.07, 6.45) is -4.74. The molecule has 8 heteroatoms. The SMILES string of the molecule is N#Cc1ccccc1Oc1cc(Cl)nc(C(F)(F)F)n1. The highest BCUT2D eigenvalue weighted by Gasteiger charge is 2.35. The van der Waals surface area contributed by atoms with Gasteiger partial charge in [0.15, 0.2) is 0 Å². The molecule has 1 aromatic carbocycles. The molecule has 102 valence electrons. The van der Waals surface area contributed by atoms with Crippen LogP contribution in [0.2, 0.25) is 5.15 Å². The van der Waals surface area contributed by atoms with Gasteiger partial charge in [-0.2, -0.15) is 23.4 Å². The number of ether oxygens (including phenoxy) is 1. The van der Waals surface area contributed by atoms with E-state index in [1.54, 1.807) is 12.1 Å². The van der Waals surface area contributed by atoms with Gasteiger partial charge in [0.25, 0.3) is 0 Å². The Kier molecular flexibility index (Phi) is 3.77. The predicted octanol–water partition coefficient (Wildman–Crippen LogP) is 3.81. The summed E-state index contributed by atoms with van der Waals surface area (Å²) in [4.78, 5) is 6.30. The Morgan fingerprint density at radius 1 is 1.20 bits per heavy atom. The lowest BCUT2D eigenvalue weighted by atomic mass is 10.2. The summed E-state index contributed by atoms with van der Waals surface area (Å²) in [7, 11) is 0. The van der Waals surface area contributed by atoms with Gasteiger partial charge >= 0.3 is 6.18 Å². The Hall–Kier alpha value is -2.33. The molecular weight excluding hydrogens is 295 g/mol. The quantitative estimate of drug-likeness (QED) is 0.791. The molecule has 0 N–H and O–H groups in total. The molecule has 2 aromatic rings. The van der Waals surface area contributed by atoms with Crippen LogP contribution in [0.3, 0.4) is 0 Å². The van der Waals surface area contributed by atoms with Crippen molar-refractivity contribution in [3.8, 4) is 17.7 Å². The van der Waals surface area contributed by atoms with Crippen LogP contribution in [0.5, 0.6) is 11.6 Å². The van der Waals surface area contributed by atoms with Gasteiger partial charge < -0.3 is 4.74 Å². The van der Waals surface area contributed by atoms with Gasteiger partial charge in [0.2, 0.25) is 11.7 Å². The molecule has 0 atom stereocenters. The van der Waals surface area contributed by atoms with Crippen molar-refractivity contribution in [3.63, 3.8) is 0 Å². The highest BCUT2D eigenvalue weighted by Crippen LogP contribution is 2.31. The number of benzene rings is 1. The fourth-order valence-corrected chi connectivity index (χ4v) is 1.51. The van der Waals surface area contributed by atoms with Crippen molar-refractivity contribution in [2.45, 2.75) is 6.18 Å². The zero-order valence-corrected chi connectivity index (χ0v) is 10.4. The van der Waals surface area contributed by atoms with Gasteiger partial charge in [0, 0.05) is 6.07 Å². The van der Waals surface area contributed by atoms with Crippen molar-refractivity contribution >= 4 is 11.6 Å². The minimum atomic E-state index is -4.74. The highest BCUT2D eigenvalue weighted by molar-refractivity contribution is 6.29. The molecule has 1 heterocycles. The molecule has 0 saturated carbocycles. The lowest BCUT2D eigenvalue weighted by Gasteiger charge is -2.09. The van der Waals surface area contributed by atoms with Crippen LogP contribution in [0, 0.1) is 11.3 Å². The third-order valence-corrected chi connectivity index (χ3v) is 2.34. The Bertz CT molecular complexity index is 682. The van der Waals surface area contributed by atoms with Crippen LogP contribution in [-0.2, 0) is 6.18 Å². The van der Waals surface area contributed by atoms with Gasteiger partial charge in [-0.25, -0.2) is 4.98 Å². The van der Waals surface area contributed by atoms with E-state index in [1.165, 1.54) is 12.1 Å². The van der Waals surface area contributed by atoms with Crippen LogP contribution in [0.1, 0.15) is 11.4 Å². The number of nitriles is 1. The van der Waals surface area contributed by atoms with E-state index >= 15 is 0 Å². The maximum Gasteiger partial charge on any atom is 0.451 e. The smallest absolute Gasteiger partial charge is 0.437 e. The second-order valence-corrected chi connectivity index (χ2v) is 3.95. The van der Waals surface area contributed by atoms with Crippen LogP contribution >= 0.6 is 11.6 Å². The molecule has 0 amide bonds. The fraction of sp³-hybridized carbons (Fsp3) is 0.0833. The molecule has 0 fully saturated rings. The number of hydrogen-bond donors (Lipinski definition) is 0. The summed E-state index contributed by atoms with van der Waals surface area (Å²) in [6.45, 7) is 0. The maximum atomic E-state index is 12.5. The summed E-state index contributed by atoms with van der Waals surface area (Å²) in [5, 5.41) is 8.46. The number of para-hydroxylation sites is 1. The fourth-order valence-electron chi connectivity index (χ4n) is 1.34. The van der Waals surface area contributed by atoms with Crippen molar-refractivity contribution < 1.29 is 17.9 Å². The van der Waals surface area contributed by atoms with E-state index in [4.69, 9.17) is 21.6 Å². The van der Waals surface area contributed by atoms with Crippen LogP contribution in [-0.4, -0.2) is 9.97 Å². The largest absolute Gasteiger partial charge is 0.451 e. The van der Waals surface area contributed by atoms with Crippen LogP contribution in [0.4, 0.5) is 13.2 Å². The zero-order valence-electron chi connectivity index (χ0n) is 9.65. The standard InChI is InChI=1S/C12H5ClF3N3O/c13-9-5-10(19-11(18-9)12(14,15)16)20-8-4-2-1-3-7(8)6-17/h1-5H. The topological polar surface area (TPSA) is 58.8 Å². The van der Waals surface area contributed by atoms with Crippen molar-refractivity contribution in [1.29, 1.82) is 5.26 Å². The van der Waals surface area contributed by atoms with Crippen LogP contribution in [0.25, 0.3) is 0 Å². The number of rotatable bonds is 2. The van der Waals surface area contributed by atoms with Gasteiger partial charge in [-0.3, -0.25) is 0 Å². The van der Waals surface area contributed by atoms with E-state index < -0.39 is 17.2 Å². The number of hydrogen-bond acceptors (Lipinski definition) is 4. The van der Waals surface area contributed by atoms with Gasteiger partial charge in [-0.15, -0.1) is 0 Å². The first kappa shape index (κ1) is 14.1. The Morgan fingerprint density at radius 3 is 2.55 bits per heavy atom. The molecule has 20 heavy (non-hydrogen) atoms. The molecule has 0 aliphatic carbocycles. The number of halogens is 4. The number of nitrogens with zero attached hydrogens (tertiary/aromatic N) is 3. The second kappa shape index (κ2) is 5.35. The maximum absolute atomic E-state index is 12.5. The normalized spacial score (nSPS) is 10.9. The lowest BCUT2D eigenvalue weighted by molar-refractivity contribution is -0.145. The van der Waals surface area contributed by atoms with Gasteiger partial charge in [-0.1, -0.05) is 23.7 Å². The Morgan fingerprint density at radius 2 is 1.90 bits per heavy atom. The lowest BCUT2D eigenvalue weighted by Crippen LogP contribution is -2.11. The van der Waals surface area contributed by atoms with E-state index in [0.717, 1.165) is 6.07 Å². The van der Waals surface area contributed by atoms with Crippen molar-refractivity contribution in [2.24, 2.45) is 0 Å². The molecule has 4 nitrogen and oxygen atoms in total. The van der Waals surface area contributed by atoms with Gasteiger partial charge in [0.05, 0.1) is 5.56 Å². The monoisotopic (exact) mass is 299 g/mol. The van der Waals surface area contributed by atoms with E-state index in [0.29, 0.717) is 0 Å². The third kappa shape index (κ3) is 3.16. The third-order valence-electron chi connectivity index (χ3n) is 2.15. The molecule has 0 spiro atoms. The number of alkyl halides is 3. The number of aromatic nitrogens is 2. The summed E-state index contributed by atoms with van der Waals surface area (Å²) >= 11 is 5.50. The molecule has 0 aliphatic heterocycles. The van der Waals surface area contributed by atoms with E-state index in [2.05, 4.69) is 9.97 Å². The van der Waals surface area contributed by atoms with Crippen molar-refractivity contribution in [2.75, 3.05) is 0 Å². The summed E-state index contributed by atoms with van der Waals surface area (Å²) in [6, 6.07) is 8.95. The predicted molar refractivity (Wildman–Crippen MR) is 63.3 cm³/mol. The minimum absolute atomic E-state index is 0.0814. The van der Waals surface area contributed by atoms with E-state index in [1.807, 2.05) is 6.07 Å². The minimum Gasteiger partial charge on any atom is -0.437 e. The van der Waals surface area contributed by atoms with Crippen LogP contribution < -0.4 is 4.74 Å². The van der Waals surface area contributed by atoms with Gasteiger partial charge in [-0.05, 0) is 12.1 Å². The summed E-state index contributed by atoms with van der Waals surface area (Å²) < 4.78 is 42.8. The molecular formula is C12H5ClF3N3O. The van der Waals surface area contributed by atoms with Gasteiger partial charge in [0.1, 0.15) is 17.0 Å². The molecule has 0 saturated heterocycles. The average molecular weight is 300 g/mol.